The number of hydrogen-bond donors (Lipinski definition) is 2. The first-order valence-electron chi connectivity index (χ1n) is 6.17. The molecule has 2 aliphatic carbocycles. The first-order valence-corrected chi connectivity index (χ1v) is 6.17. The van der Waals surface area contributed by atoms with E-state index in [-0.39, 0.29) is 37.4 Å². The van der Waals surface area contributed by atoms with Crippen molar-refractivity contribution in [1.82, 2.24) is 0 Å². The van der Waals surface area contributed by atoms with Crippen molar-refractivity contribution in [3.05, 3.63) is 22.3 Å². The van der Waals surface area contributed by atoms with E-state index >= 15 is 0 Å². The monoisotopic (exact) mass is 264 g/mol. The van der Waals surface area contributed by atoms with Gasteiger partial charge in [-0.2, -0.15) is 0 Å². The average Bonchev–Trinajstić information content (AvgIpc) is 2.72. The third-order valence-corrected chi connectivity index (χ3v) is 3.99. The number of ketones is 2. The fraction of sp³-hybridized carbons (Fsp3) is 0.500. The van der Waals surface area contributed by atoms with Gasteiger partial charge in [-0.1, -0.05) is 0 Å². The summed E-state index contributed by atoms with van der Waals surface area (Å²) >= 11 is 0. The minimum Gasteiger partial charge on any atom is -0.481 e. The lowest BCUT2D eigenvalue weighted by atomic mass is 9.85. The van der Waals surface area contributed by atoms with Gasteiger partial charge >= 0.3 is 5.97 Å². The minimum atomic E-state index is -1.08. The van der Waals surface area contributed by atoms with Crippen LogP contribution < -0.4 is 0 Å². The van der Waals surface area contributed by atoms with Crippen molar-refractivity contribution in [2.45, 2.75) is 33.1 Å². The van der Waals surface area contributed by atoms with Crippen LogP contribution in [-0.2, 0) is 14.4 Å². The molecule has 102 valence electrons. The van der Waals surface area contributed by atoms with Crippen LogP contribution in [0.1, 0.15) is 33.1 Å². The molecular weight excluding hydrogens is 248 g/mol. The third kappa shape index (κ3) is 1.94. The Morgan fingerprint density at radius 3 is 2.21 bits per heavy atom. The van der Waals surface area contributed by atoms with E-state index in [9.17, 15) is 19.5 Å². The van der Waals surface area contributed by atoms with E-state index < -0.39 is 11.4 Å². The van der Waals surface area contributed by atoms with Crippen molar-refractivity contribution in [3.8, 4) is 0 Å². The molecule has 2 rings (SSSR count). The lowest BCUT2D eigenvalue weighted by Gasteiger charge is -2.17. The quantitative estimate of drug-likeness (QED) is 0.742. The van der Waals surface area contributed by atoms with Gasteiger partial charge in [-0.15, -0.1) is 0 Å². The molecular formula is C14H16O5. The molecule has 19 heavy (non-hydrogen) atoms. The molecule has 0 radical (unpaired) electrons. The van der Waals surface area contributed by atoms with Crippen LogP contribution in [-0.4, -0.2) is 34.4 Å². The molecule has 5 nitrogen and oxygen atoms in total. The third-order valence-electron chi connectivity index (χ3n) is 3.99. The van der Waals surface area contributed by atoms with Crippen LogP contribution in [0.4, 0.5) is 0 Å². The number of allylic oxidation sites excluding steroid dienone is 3. The van der Waals surface area contributed by atoms with Gasteiger partial charge in [0.25, 0.3) is 0 Å². The highest BCUT2D eigenvalue weighted by Crippen LogP contribution is 2.46. The number of Topliss-reactive ketones (excluding diaryl/α,β-unsaturated/α-hetero) is 2. The van der Waals surface area contributed by atoms with Gasteiger partial charge in [0, 0.05) is 28.9 Å². The van der Waals surface area contributed by atoms with Crippen LogP contribution >= 0.6 is 0 Å². The molecule has 0 aliphatic heterocycles. The number of carboxylic acids is 1. The lowest BCUT2D eigenvalue weighted by molar-refractivity contribution is -0.147. The highest BCUT2D eigenvalue weighted by molar-refractivity contribution is 6.26. The number of carbonyl (C=O) groups is 3. The second kappa shape index (κ2) is 4.42. The summed E-state index contributed by atoms with van der Waals surface area (Å²) < 4.78 is 0. The summed E-state index contributed by atoms with van der Waals surface area (Å²) in [6.07, 6.45) is 0.327. The van der Waals surface area contributed by atoms with E-state index in [1.54, 1.807) is 13.8 Å². The van der Waals surface area contributed by atoms with Crippen molar-refractivity contribution in [1.29, 1.82) is 0 Å². The summed E-state index contributed by atoms with van der Waals surface area (Å²) in [5.74, 6) is -1.52. The maximum Gasteiger partial charge on any atom is 0.310 e. The molecule has 0 saturated carbocycles. The van der Waals surface area contributed by atoms with E-state index in [2.05, 4.69) is 0 Å². The number of rotatable bonds is 3. The Balaban J connectivity index is 2.41. The van der Waals surface area contributed by atoms with Crippen molar-refractivity contribution in [3.63, 3.8) is 0 Å². The molecule has 1 atom stereocenters. The predicted octanol–water partition coefficient (Wildman–Crippen LogP) is 1.02. The molecule has 0 fully saturated rings. The largest absolute Gasteiger partial charge is 0.481 e. The number of aliphatic carboxylic acids is 1. The second-order valence-corrected chi connectivity index (χ2v) is 5.41. The number of carbonyl (C=O) groups excluding carboxylic acids is 2. The van der Waals surface area contributed by atoms with Gasteiger partial charge < -0.3 is 10.2 Å². The molecule has 0 unspecified atom stereocenters. The molecule has 0 spiro atoms. The minimum absolute atomic E-state index is 0.0877. The summed E-state index contributed by atoms with van der Waals surface area (Å²) in [5.41, 5.74) is 0.247. The Morgan fingerprint density at radius 2 is 1.74 bits per heavy atom. The van der Waals surface area contributed by atoms with Gasteiger partial charge in [0.15, 0.2) is 11.6 Å². The smallest absolute Gasteiger partial charge is 0.310 e. The molecule has 0 bridgehead atoms. The van der Waals surface area contributed by atoms with Gasteiger partial charge in [-0.25, -0.2) is 0 Å². The highest BCUT2D eigenvalue weighted by Gasteiger charge is 2.47. The first-order chi connectivity index (χ1) is 8.81. The SMILES string of the molecule is CC1=C(CCO)C(=O)C2=C(C[C@](C)(C(=O)O)C2)C1=O. The molecule has 5 heteroatoms. The second-order valence-electron chi connectivity index (χ2n) is 5.41. The summed E-state index contributed by atoms with van der Waals surface area (Å²) in [6, 6.07) is 0. The number of aliphatic hydroxyl groups excluding tert-OH is 1. The van der Waals surface area contributed by atoms with Gasteiger partial charge in [-0.05, 0) is 33.1 Å². The van der Waals surface area contributed by atoms with Crippen LogP contribution in [0.2, 0.25) is 0 Å². The van der Waals surface area contributed by atoms with E-state index in [0.717, 1.165) is 0 Å². The van der Waals surface area contributed by atoms with Gasteiger partial charge in [0.05, 0.1) is 5.41 Å². The Kier molecular flexibility index (Phi) is 3.18. The Labute approximate surface area is 110 Å². The molecule has 0 amide bonds. The Hall–Kier alpha value is -1.75. The van der Waals surface area contributed by atoms with Gasteiger partial charge in [0.1, 0.15) is 0 Å². The average molecular weight is 264 g/mol. The summed E-state index contributed by atoms with van der Waals surface area (Å²) in [5, 5.41) is 18.2. The Morgan fingerprint density at radius 1 is 1.21 bits per heavy atom. The van der Waals surface area contributed by atoms with E-state index in [0.29, 0.717) is 22.3 Å². The van der Waals surface area contributed by atoms with E-state index in [1.807, 2.05) is 0 Å². The summed E-state index contributed by atoms with van der Waals surface area (Å²) in [4.78, 5) is 35.8. The van der Waals surface area contributed by atoms with E-state index in [1.165, 1.54) is 0 Å². The molecule has 0 aromatic rings. The van der Waals surface area contributed by atoms with Crippen molar-refractivity contribution in [2.75, 3.05) is 6.61 Å². The topological polar surface area (TPSA) is 91.7 Å². The van der Waals surface area contributed by atoms with Crippen LogP contribution in [0.25, 0.3) is 0 Å². The van der Waals surface area contributed by atoms with Crippen molar-refractivity contribution >= 4 is 17.5 Å². The summed E-state index contributed by atoms with van der Waals surface area (Å²) in [6.45, 7) is 2.91. The molecule has 2 aliphatic rings. The number of carboxylic acid groups (broad SMARTS) is 1. The highest BCUT2D eigenvalue weighted by atomic mass is 16.4. The molecule has 0 aromatic carbocycles. The van der Waals surface area contributed by atoms with E-state index in [4.69, 9.17) is 5.11 Å². The van der Waals surface area contributed by atoms with Crippen LogP contribution in [0.5, 0.6) is 0 Å². The normalized spacial score (nSPS) is 27.1. The summed E-state index contributed by atoms with van der Waals surface area (Å²) in [7, 11) is 0. The molecule has 0 aromatic heterocycles. The standard InChI is InChI=1S/C14H16O5/c1-7-8(3-4-15)12(17)10-6-14(2,13(18)19)5-9(10)11(7)16/h15H,3-6H2,1-2H3,(H,18,19)/t14-/m0/s1. The number of hydrogen-bond acceptors (Lipinski definition) is 4. The Bertz CT molecular complexity index is 552. The van der Waals surface area contributed by atoms with Gasteiger partial charge in [0.2, 0.25) is 0 Å². The van der Waals surface area contributed by atoms with Gasteiger partial charge in [-0.3, -0.25) is 14.4 Å². The lowest BCUT2D eigenvalue weighted by Crippen LogP contribution is -2.25. The molecule has 0 heterocycles. The van der Waals surface area contributed by atoms with Crippen LogP contribution in [0.3, 0.4) is 0 Å². The van der Waals surface area contributed by atoms with Crippen LogP contribution in [0, 0.1) is 5.41 Å². The maximum atomic E-state index is 12.3. The molecule has 2 N–H and O–H groups in total. The predicted molar refractivity (Wildman–Crippen MR) is 66.4 cm³/mol. The first kappa shape index (κ1) is 13.7. The molecule has 0 saturated heterocycles. The zero-order valence-electron chi connectivity index (χ0n) is 10.9. The zero-order valence-corrected chi connectivity index (χ0v) is 10.9. The fourth-order valence-electron chi connectivity index (χ4n) is 2.77. The van der Waals surface area contributed by atoms with Crippen molar-refractivity contribution in [2.24, 2.45) is 5.41 Å². The van der Waals surface area contributed by atoms with Crippen molar-refractivity contribution < 1.29 is 24.6 Å². The van der Waals surface area contributed by atoms with Crippen LogP contribution in [0.15, 0.2) is 22.3 Å². The zero-order chi connectivity index (χ0) is 14.4. The maximum absolute atomic E-state index is 12.3. The fourth-order valence-corrected chi connectivity index (χ4v) is 2.77. The number of aliphatic hydroxyl groups is 1.